The van der Waals surface area contributed by atoms with Gasteiger partial charge in [-0.15, -0.1) is 11.3 Å². The maximum absolute atomic E-state index is 12.1. The topological polar surface area (TPSA) is 68.3 Å². The molecule has 0 saturated carbocycles. The number of hydrogen-bond acceptors (Lipinski definition) is 5. The van der Waals surface area contributed by atoms with E-state index in [2.05, 4.69) is 26.2 Å². The number of anilines is 1. The number of aromatic nitrogens is 1. The van der Waals surface area contributed by atoms with Crippen molar-refractivity contribution in [2.75, 3.05) is 11.9 Å². The average molecular weight is 390 g/mol. The number of benzene rings is 1. The lowest BCUT2D eigenvalue weighted by Crippen LogP contribution is -2.13. The fourth-order valence-electron chi connectivity index (χ4n) is 1.44. The summed E-state index contributed by atoms with van der Waals surface area (Å²) in [6, 6.07) is 5.10. The first-order valence-electron chi connectivity index (χ1n) is 5.90. The second-order valence-electron chi connectivity index (χ2n) is 3.84. The summed E-state index contributed by atoms with van der Waals surface area (Å²) < 4.78 is 5.61. The summed E-state index contributed by atoms with van der Waals surface area (Å²) in [6.45, 7) is 1.96. The van der Waals surface area contributed by atoms with Crippen molar-refractivity contribution in [1.29, 1.82) is 0 Å². The molecule has 0 saturated heterocycles. The molecular formula is C13H10BrClN2O3S. The van der Waals surface area contributed by atoms with Gasteiger partial charge in [0.1, 0.15) is 5.69 Å². The van der Waals surface area contributed by atoms with Crippen LogP contribution in [0.25, 0.3) is 0 Å². The molecule has 1 aromatic carbocycles. The van der Waals surface area contributed by atoms with E-state index < -0.39 is 11.9 Å². The highest BCUT2D eigenvalue weighted by Gasteiger charge is 2.17. The molecule has 0 fully saturated rings. The molecule has 0 aliphatic rings. The maximum Gasteiger partial charge on any atom is 0.367 e. The van der Waals surface area contributed by atoms with E-state index in [9.17, 15) is 9.59 Å². The minimum absolute atomic E-state index is 0.138. The van der Waals surface area contributed by atoms with Crippen LogP contribution >= 0.6 is 38.9 Å². The Hall–Kier alpha value is -1.44. The van der Waals surface area contributed by atoms with E-state index in [0.717, 1.165) is 15.8 Å². The van der Waals surface area contributed by atoms with Gasteiger partial charge in [-0.2, -0.15) is 0 Å². The number of nitrogens with one attached hydrogen (secondary N) is 1. The molecule has 8 heteroatoms. The zero-order valence-corrected chi connectivity index (χ0v) is 14.0. The molecule has 5 nitrogen and oxygen atoms in total. The van der Waals surface area contributed by atoms with Gasteiger partial charge >= 0.3 is 5.97 Å². The van der Waals surface area contributed by atoms with Gasteiger partial charge in [-0.25, -0.2) is 9.78 Å². The summed E-state index contributed by atoms with van der Waals surface area (Å²) in [5, 5.41) is 4.69. The molecule has 21 heavy (non-hydrogen) atoms. The molecule has 0 aliphatic heterocycles. The van der Waals surface area contributed by atoms with Gasteiger partial charge in [0.2, 0.25) is 5.01 Å². The molecule has 110 valence electrons. The highest BCUT2D eigenvalue weighted by atomic mass is 79.9. The fraction of sp³-hybridized carbons (Fsp3) is 0.154. The van der Waals surface area contributed by atoms with Gasteiger partial charge in [-0.3, -0.25) is 4.79 Å². The van der Waals surface area contributed by atoms with Crippen molar-refractivity contribution in [2.45, 2.75) is 6.92 Å². The third kappa shape index (κ3) is 4.03. The Kier molecular flexibility index (Phi) is 5.33. The minimum Gasteiger partial charge on any atom is -0.461 e. The van der Waals surface area contributed by atoms with E-state index in [1.165, 1.54) is 5.38 Å². The maximum atomic E-state index is 12.1. The van der Waals surface area contributed by atoms with Crippen molar-refractivity contribution in [2.24, 2.45) is 0 Å². The Morgan fingerprint density at radius 1 is 1.48 bits per heavy atom. The first kappa shape index (κ1) is 15.9. The van der Waals surface area contributed by atoms with Crippen molar-refractivity contribution >= 4 is 56.4 Å². The van der Waals surface area contributed by atoms with Crippen LogP contribution in [0.4, 0.5) is 5.69 Å². The van der Waals surface area contributed by atoms with E-state index in [-0.39, 0.29) is 17.3 Å². The van der Waals surface area contributed by atoms with Crippen LogP contribution in [0.1, 0.15) is 27.2 Å². The average Bonchev–Trinajstić information content (AvgIpc) is 2.93. The minimum atomic E-state index is -0.540. The van der Waals surface area contributed by atoms with Gasteiger partial charge in [0.25, 0.3) is 5.91 Å². The summed E-state index contributed by atoms with van der Waals surface area (Å²) in [5.74, 6) is -0.983. The molecule has 1 heterocycles. The molecule has 0 atom stereocenters. The van der Waals surface area contributed by atoms with Gasteiger partial charge in [0.05, 0.1) is 17.3 Å². The van der Waals surface area contributed by atoms with Crippen molar-refractivity contribution in [3.8, 4) is 0 Å². The number of carbonyl (C=O) groups excluding carboxylic acids is 2. The number of ether oxygens (including phenoxy) is 1. The largest absolute Gasteiger partial charge is 0.461 e. The van der Waals surface area contributed by atoms with Crippen molar-refractivity contribution in [3.05, 3.63) is 43.8 Å². The molecule has 2 aromatic rings. The highest BCUT2D eigenvalue weighted by molar-refractivity contribution is 9.10. The van der Waals surface area contributed by atoms with Gasteiger partial charge < -0.3 is 10.1 Å². The van der Waals surface area contributed by atoms with Crippen LogP contribution in [0.15, 0.2) is 28.1 Å². The monoisotopic (exact) mass is 388 g/mol. The first-order chi connectivity index (χ1) is 10.0. The van der Waals surface area contributed by atoms with Crippen LogP contribution in [0.5, 0.6) is 0 Å². The quantitative estimate of drug-likeness (QED) is 0.803. The SMILES string of the molecule is CCOC(=O)c1nc(C(=O)Nc2cc(Br)ccc2Cl)cs1. The third-order valence-electron chi connectivity index (χ3n) is 2.36. The predicted molar refractivity (Wildman–Crippen MR) is 85.2 cm³/mol. The molecule has 0 aliphatic carbocycles. The highest BCUT2D eigenvalue weighted by Crippen LogP contribution is 2.26. The smallest absolute Gasteiger partial charge is 0.367 e. The van der Waals surface area contributed by atoms with E-state index in [4.69, 9.17) is 16.3 Å². The lowest BCUT2D eigenvalue weighted by molar-refractivity contribution is 0.0526. The molecule has 0 spiro atoms. The second-order valence-corrected chi connectivity index (χ2v) is 6.02. The molecular weight excluding hydrogens is 380 g/mol. The lowest BCUT2D eigenvalue weighted by atomic mass is 10.3. The third-order valence-corrected chi connectivity index (χ3v) is 4.01. The van der Waals surface area contributed by atoms with E-state index >= 15 is 0 Å². The number of halogens is 2. The van der Waals surface area contributed by atoms with Gasteiger partial charge in [0.15, 0.2) is 0 Å². The normalized spacial score (nSPS) is 10.2. The molecule has 1 amide bonds. The van der Waals surface area contributed by atoms with E-state index in [0.29, 0.717) is 10.7 Å². The summed E-state index contributed by atoms with van der Waals surface area (Å²) >= 11 is 10.4. The zero-order valence-electron chi connectivity index (χ0n) is 10.9. The molecule has 0 radical (unpaired) electrons. The van der Waals surface area contributed by atoms with E-state index in [1.54, 1.807) is 25.1 Å². The summed E-state index contributed by atoms with van der Waals surface area (Å²) in [7, 11) is 0. The Balaban J connectivity index is 2.14. The van der Waals surface area contributed by atoms with E-state index in [1.807, 2.05) is 0 Å². The molecule has 1 aromatic heterocycles. The number of amides is 1. The van der Waals surface area contributed by atoms with Crippen LogP contribution in [-0.4, -0.2) is 23.5 Å². The molecule has 0 bridgehead atoms. The molecule has 1 N–H and O–H groups in total. The zero-order chi connectivity index (χ0) is 15.4. The van der Waals surface area contributed by atoms with Crippen molar-refractivity contribution in [3.63, 3.8) is 0 Å². The van der Waals surface area contributed by atoms with Crippen LogP contribution in [0, 0.1) is 0 Å². The predicted octanol–water partition coefficient (Wildman–Crippen LogP) is 3.99. The first-order valence-corrected chi connectivity index (χ1v) is 7.95. The van der Waals surface area contributed by atoms with Crippen molar-refractivity contribution < 1.29 is 14.3 Å². The van der Waals surface area contributed by atoms with Gasteiger partial charge in [0, 0.05) is 9.85 Å². The molecule has 0 unspecified atom stereocenters. The van der Waals surface area contributed by atoms with Crippen LogP contribution in [0.2, 0.25) is 5.02 Å². The number of nitrogens with zero attached hydrogens (tertiary/aromatic N) is 1. The summed E-state index contributed by atoms with van der Waals surface area (Å²) in [5.41, 5.74) is 0.598. The number of hydrogen-bond donors (Lipinski definition) is 1. The number of rotatable bonds is 4. The van der Waals surface area contributed by atoms with Gasteiger partial charge in [-0.05, 0) is 25.1 Å². The Labute approximate surface area is 138 Å². The van der Waals surface area contributed by atoms with Crippen LogP contribution < -0.4 is 5.32 Å². The van der Waals surface area contributed by atoms with Gasteiger partial charge in [-0.1, -0.05) is 27.5 Å². The summed E-state index contributed by atoms with van der Waals surface area (Å²) in [4.78, 5) is 27.5. The van der Waals surface area contributed by atoms with Crippen LogP contribution in [-0.2, 0) is 4.74 Å². The Bertz CT molecular complexity index is 690. The second kappa shape index (κ2) is 7.02. The fourth-order valence-corrected chi connectivity index (χ4v) is 2.66. The molecule has 2 rings (SSSR count). The number of esters is 1. The number of carbonyl (C=O) groups is 2. The number of thiazole rings is 1. The Morgan fingerprint density at radius 2 is 2.24 bits per heavy atom. The Morgan fingerprint density at radius 3 is 2.95 bits per heavy atom. The van der Waals surface area contributed by atoms with Crippen molar-refractivity contribution in [1.82, 2.24) is 4.98 Å². The van der Waals surface area contributed by atoms with Crippen LogP contribution in [0.3, 0.4) is 0 Å². The summed E-state index contributed by atoms with van der Waals surface area (Å²) in [6.07, 6.45) is 0. The lowest BCUT2D eigenvalue weighted by Gasteiger charge is -2.06. The standard InChI is InChI=1S/C13H10BrClN2O3S/c1-2-20-13(19)12-17-10(6-21-12)11(18)16-9-5-7(14)3-4-8(9)15/h3-6H,2H2,1H3,(H,16,18).